The third kappa shape index (κ3) is 8.00. The van der Waals surface area contributed by atoms with Gasteiger partial charge in [-0.15, -0.1) is 0 Å². The van der Waals surface area contributed by atoms with Gasteiger partial charge in [0, 0.05) is 32.7 Å². The van der Waals surface area contributed by atoms with Crippen molar-refractivity contribution in [2.45, 2.75) is 19.9 Å². The smallest absolute Gasteiger partial charge is 0.325 e. The van der Waals surface area contributed by atoms with Gasteiger partial charge in [0.1, 0.15) is 12.3 Å². The molecule has 0 unspecified atom stereocenters. The number of nitrogens with zero attached hydrogens (tertiary/aromatic N) is 2. The quantitative estimate of drug-likeness (QED) is 0.462. The second-order valence-corrected chi connectivity index (χ2v) is 6.93. The van der Waals surface area contributed by atoms with Crippen LogP contribution in [0, 0.1) is 0 Å². The first-order chi connectivity index (χ1) is 13.6. The minimum Gasteiger partial charge on any atom is -0.497 e. The number of carbonyl (C=O) groups excluding carboxylic acids is 1. The lowest BCUT2D eigenvalue weighted by Gasteiger charge is -2.29. The average Bonchev–Trinajstić information content (AvgIpc) is 2.72. The standard InChI is InChI=1S/C20H31N3O4S/c1-3-27-19(24)15-21-20(28)23(9-5-8-22-10-12-26-13-11-22)16-17-6-4-7-18(14-17)25-2/h4,6-7,14H,3,5,8-13,15-16H2,1-2H3,(H,21,28). The van der Waals surface area contributed by atoms with Crippen LogP contribution < -0.4 is 10.1 Å². The third-order valence-electron chi connectivity index (χ3n) is 4.49. The number of hydrogen-bond donors (Lipinski definition) is 1. The van der Waals surface area contributed by atoms with E-state index in [-0.39, 0.29) is 12.5 Å². The summed E-state index contributed by atoms with van der Waals surface area (Å²) >= 11 is 5.55. The molecule has 1 saturated heterocycles. The summed E-state index contributed by atoms with van der Waals surface area (Å²) in [6.45, 7) is 8.21. The maximum absolute atomic E-state index is 11.6. The fourth-order valence-electron chi connectivity index (χ4n) is 3.03. The number of methoxy groups -OCH3 is 1. The van der Waals surface area contributed by atoms with Crippen molar-refractivity contribution in [2.75, 3.05) is 59.7 Å². The van der Waals surface area contributed by atoms with Gasteiger partial charge in [0.05, 0.1) is 26.9 Å². The van der Waals surface area contributed by atoms with Crippen molar-refractivity contribution in [3.63, 3.8) is 0 Å². The zero-order valence-electron chi connectivity index (χ0n) is 16.8. The third-order valence-corrected chi connectivity index (χ3v) is 4.89. The minimum atomic E-state index is -0.306. The van der Waals surface area contributed by atoms with Crippen molar-refractivity contribution in [3.8, 4) is 5.75 Å². The first-order valence-electron chi connectivity index (χ1n) is 9.73. The van der Waals surface area contributed by atoms with Gasteiger partial charge in [-0.2, -0.15) is 0 Å². The Balaban J connectivity index is 1.92. The van der Waals surface area contributed by atoms with E-state index in [1.165, 1.54) is 0 Å². The molecular weight excluding hydrogens is 378 g/mol. The van der Waals surface area contributed by atoms with Crippen molar-refractivity contribution < 1.29 is 19.0 Å². The van der Waals surface area contributed by atoms with Crippen LogP contribution >= 0.6 is 12.2 Å². The Bertz CT molecular complexity index is 623. The van der Waals surface area contributed by atoms with Gasteiger partial charge in [0.25, 0.3) is 0 Å². The second kappa shape index (κ2) is 12.5. The SMILES string of the molecule is CCOC(=O)CNC(=S)N(CCCN1CCOCC1)Cc1cccc(OC)c1. The number of rotatable bonds is 10. The Hall–Kier alpha value is -1.90. The molecule has 1 aliphatic heterocycles. The van der Waals surface area contributed by atoms with Crippen LogP contribution in [-0.4, -0.2) is 80.5 Å². The Morgan fingerprint density at radius 3 is 2.86 bits per heavy atom. The molecule has 0 saturated carbocycles. The second-order valence-electron chi connectivity index (χ2n) is 6.54. The normalized spacial score (nSPS) is 14.4. The van der Waals surface area contributed by atoms with Crippen molar-refractivity contribution in [1.29, 1.82) is 0 Å². The fourth-order valence-corrected chi connectivity index (χ4v) is 3.25. The van der Waals surface area contributed by atoms with Crippen molar-refractivity contribution in [3.05, 3.63) is 29.8 Å². The van der Waals surface area contributed by atoms with Gasteiger partial charge in [-0.1, -0.05) is 12.1 Å². The van der Waals surface area contributed by atoms with Gasteiger partial charge in [-0.3, -0.25) is 9.69 Å². The van der Waals surface area contributed by atoms with E-state index in [4.69, 9.17) is 26.4 Å². The molecule has 1 aromatic carbocycles. The van der Waals surface area contributed by atoms with E-state index in [2.05, 4.69) is 15.1 Å². The molecule has 0 bridgehead atoms. The highest BCUT2D eigenvalue weighted by atomic mass is 32.1. The molecule has 0 amide bonds. The van der Waals surface area contributed by atoms with Crippen molar-refractivity contribution >= 4 is 23.3 Å². The lowest BCUT2D eigenvalue weighted by molar-refractivity contribution is -0.141. The van der Waals surface area contributed by atoms with E-state index in [9.17, 15) is 4.79 Å². The van der Waals surface area contributed by atoms with Gasteiger partial charge in [0.15, 0.2) is 5.11 Å². The molecule has 0 spiro atoms. The predicted octanol–water partition coefficient (Wildman–Crippen LogP) is 1.66. The summed E-state index contributed by atoms with van der Waals surface area (Å²) in [6.07, 6.45) is 0.977. The Kier molecular flexibility index (Phi) is 10.0. The molecule has 8 heteroatoms. The topological polar surface area (TPSA) is 63.3 Å². The number of thiocarbonyl (C=S) groups is 1. The monoisotopic (exact) mass is 409 g/mol. The average molecular weight is 410 g/mol. The van der Waals surface area contributed by atoms with E-state index >= 15 is 0 Å². The van der Waals surface area contributed by atoms with Crippen LogP contribution in [0.25, 0.3) is 0 Å². The van der Waals surface area contributed by atoms with Gasteiger partial charge in [-0.25, -0.2) is 0 Å². The fraction of sp³-hybridized carbons (Fsp3) is 0.600. The lowest BCUT2D eigenvalue weighted by atomic mass is 10.2. The van der Waals surface area contributed by atoms with E-state index < -0.39 is 0 Å². The molecule has 2 rings (SSSR count). The van der Waals surface area contributed by atoms with E-state index in [0.717, 1.165) is 57.1 Å². The van der Waals surface area contributed by atoms with Crippen LogP contribution in [0.1, 0.15) is 18.9 Å². The van der Waals surface area contributed by atoms with Crippen molar-refractivity contribution in [2.24, 2.45) is 0 Å². The molecule has 1 N–H and O–H groups in total. The predicted molar refractivity (Wildman–Crippen MR) is 113 cm³/mol. The van der Waals surface area contributed by atoms with Gasteiger partial charge in [-0.05, 0) is 43.3 Å². The summed E-state index contributed by atoms with van der Waals surface area (Å²) in [5.41, 5.74) is 1.10. The molecule has 0 aliphatic carbocycles. The summed E-state index contributed by atoms with van der Waals surface area (Å²) in [4.78, 5) is 16.1. The summed E-state index contributed by atoms with van der Waals surface area (Å²) in [6, 6.07) is 7.94. The number of ether oxygens (including phenoxy) is 3. The first kappa shape index (κ1) is 22.4. The Morgan fingerprint density at radius 1 is 1.36 bits per heavy atom. The molecule has 1 fully saturated rings. The zero-order chi connectivity index (χ0) is 20.2. The van der Waals surface area contributed by atoms with Crippen LogP contribution in [0.4, 0.5) is 0 Å². The summed E-state index contributed by atoms with van der Waals surface area (Å²) < 4.78 is 15.7. The van der Waals surface area contributed by atoms with Crippen LogP contribution in [0.5, 0.6) is 5.75 Å². The highest BCUT2D eigenvalue weighted by Crippen LogP contribution is 2.15. The van der Waals surface area contributed by atoms with E-state index in [0.29, 0.717) is 18.3 Å². The number of morpholine rings is 1. The zero-order valence-corrected chi connectivity index (χ0v) is 17.6. The maximum atomic E-state index is 11.6. The Labute approximate surface area is 172 Å². The van der Waals surface area contributed by atoms with Crippen LogP contribution in [0.15, 0.2) is 24.3 Å². The van der Waals surface area contributed by atoms with E-state index in [1.54, 1.807) is 14.0 Å². The van der Waals surface area contributed by atoms with Gasteiger partial charge in [0.2, 0.25) is 0 Å². The van der Waals surface area contributed by atoms with Gasteiger partial charge >= 0.3 is 5.97 Å². The van der Waals surface area contributed by atoms with Crippen LogP contribution in [0.2, 0.25) is 0 Å². The summed E-state index contributed by atoms with van der Waals surface area (Å²) in [7, 11) is 1.66. The minimum absolute atomic E-state index is 0.0742. The highest BCUT2D eigenvalue weighted by molar-refractivity contribution is 7.80. The molecule has 28 heavy (non-hydrogen) atoms. The van der Waals surface area contributed by atoms with Gasteiger partial charge < -0.3 is 24.4 Å². The number of hydrogen-bond acceptors (Lipinski definition) is 6. The molecule has 7 nitrogen and oxygen atoms in total. The lowest BCUT2D eigenvalue weighted by Crippen LogP contribution is -2.43. The molecule has 1 aliphatic rings. The summed E-state index contributed by atoms with van der Waals surface area (Å²) in [5.74, 6) is 0.510. The Morgan fingerprint density at radius 2 is 2.14 bits per heavy atom. The molecule has 0 atom stereocenters. The number of esters is 1. The number of benzene rings is 1. The maximum Gasteiger partial charge on any atom is 0.325 e. The van der Waals surface area contributed by atoms with Crippen LogP contribution in [0.3, 0.4) is 0 Å². The number of nitrogens with one attached hydrogen (secondary N) is 1. The van der Waals surface area contributed by atoms with E-state index in [1.807, 2.05) is 24.3 Å². The molecular formula is C20H31N3O4S. The van der Waals surface area contributed by atoms with Crippen LogP contribution in [-0.2, 0) is 20.8 Å². The first-order valence-corrected chi connectivity index (χ1v) is 10.1. The molecule has 0 radical (unpaired) electrons. The molecule has 1 heterocycles. The molecule has 0 aromatic heterocycles. The largest absolute Gasteiger partial charge is 0.497 e. The van der Waals surface area contributed by atoms with Crippen molar-refractivity contribution in [1.82, 2.24) is 15.1 Å². The molecule has 1 aromatic rings. The highest BCUT2D eigenvalue weighted by Gasteiger charge is 2.15. The number of carbonyl (C=O) groups is 1. The molecule has 156 valence electrons. The summed E-state index contributed by atoms with van der Waals surface area (Å²) in [5, 5.41) is 3.58.